The molecule has 0 bridgehead atoms. The van der Waals surface area contributed by atoms with E-state index < -0.39 is 0 Å². The van der Waals surface area contributed by atoms with E-state index in [1.807, 2.05) is 0 Å². The number of hydrazine groups is 1. The van der Waals surface area contributed by atoms with Crippen molar-refractivity contribution in [3.63, 3.8) is 0 Å². The maximum atomic E-state index is 5.56. The van der Waals surface area contributed by atoms with Gasteiger partial charge in [-0.2, -0.15) is 0 Å². The molecule has 2 unspecified atom stereocenters. The van der Waals surface area contributed by atoms with Gasteiger partial charge < -0.3 is 4.90 Å². The first-order valence-corrected chi connectivity index (χ1v) is 6.03. The molecule has 2 fully saturated rings. The zero-order chi connectivity index (χ0) is 10.8. The standard InChI is InChI=1S/C11H22N4/c1-8-4-3-7-15(9(8)2)11(14-12)13-10-5-6-10/h8-10H,3-7,12H2,1-2H3,(H,13,14). The predicted molar refractivity (Wildman–Crippen MR) is 62.3 cm³/mol. The van der Waals surface area contributed by atoms with Crippen LogP contribution in [0, 0.1) is 5.92 Å². The molecule has 2 atom stereocenters. The molecule has 1 saturated heterocycles. The summed E-state index contributed by atoms with van der Waals surface area (Å²) in [7, 11) is 0. The Balaban J connectivity index is 2.05. The molecule has 15 heavy (non-hydrogen) atoms. The van der Waals surface area contributed by atoms with E-state index in [1.165, 1.54) is 25.7 Å². The zero-order valence-electron chi connectivity index (χ0n) is 9.74. The van der Waals surface area contributed by atoms with Crippen LogP contribution in [0.4, 0.5) is 0 Å². The molecular formula is C11H22N4. The van der Waals surface area contributed by atoms with Gasteiger partial charge in [0.2, 0.25) is 5.96 Å². The number of nitrogens with zero attached hydrogens (tertiary/aromatic N) is 2. The molecule has 0 aromatic heterocycles. The molecule has 0 spiro atoms. The van der Waals surface area contributed by atoms with E-state index in [0.29, 0.717) is 12.1 Å². The smallest absolute Gasteiger partial charge is 0.208 e. The Morgan fingerprint density at radius 2 is 2.07 bits per heavy atom. The van der Waals surface area contributed by atoms with Crippen LogP contribution in [0.2, 0.25) is 0 Å². The number of nitrogens with two attached hydrogens (primary N) is 1. The summed E-state index contributed by atoms with van der Waals surface area (Å²) >= 11 is 0. The fourth-order valence-electron chi connectivity index (χ4n) is 2.21. The van der Waals surface area contributed by atoms with Gasteiger partial charge >= 0.3 is 0 Å². The predicted octanol–water partition coefficient (Wildman–Crippen LogP) is 1.09. The van der Waals surface area contributed by atoms with Gasteiger partial charge in [-0.1, -0.05) is 6.92 Å². The van der Waals surface area contributed by atoms with Crippen LogP contribution in [0.3, 0.4) is 0 Å². The van der Waals surface area contributed by atoms with Gasteiger partial charge in [-0.05, 0) is 38.5 Å². The minimum absolute atomic E-state index is 0.528. The van der Waals surface area contributed by atoms with E-state index >= 15 is 0 Å². The zero-order valence-corrected chi connectivity index (χ0v) is 9.74. The lowest BCUT2D eigenvalue weighted by molar-refractivity contribution is 0.186. The Morgan fingerprint density at radius 3 is 2.67 bits per heavy atom. The Kier molecular flexibility index (Phi) is 3.14. The van der Waals surface area contributed by atoms with Crippen LogP contribution in [0.15, 0.2) is 4.99 Å². The molecule has 1 heterocycles. The van der Waals surface area contributed by atoms with Crippen molar-refractivity contribution in [3.05, 3.63) is 0 Å². The number of guanidine groups is 1. The molecule has 1 saturated carbocycles. The van der Waals surface area contributed by atoms with Crippen molar-refractivity contribution >= 4 is 5.96 Å². The van der Waals surface area contributed by atoms with Gasteiger partial charge in [0, 0.05) is 12.6 Å². The lowest BCUT2D eigenvalue weighted by Gasteiger charge is -2.39. The SMILES string of the molecule is CC1CCCN(C(=NC2CC2)NN)C1C. The van der Waals surface area contributed by atoms with Gasteiger partial charge in [0.1, 0.15) is 0 Å². The molecule has 0 radical (unpaired) electrons. The Labute approximate surface area is 91.9 Å². The molecule has 0 amide bonds. The molecule has 1 aliphatic carbocycles. The highest BCUT2D eigenvalue weighted by atomic mass is 15.4. The van der Waals surface area contributed by atoms with Gasteiger partial charge in [0.15, 0.2) is 0 Å². The van der Waals surface area contributed by atoms with Gasteiger partial charge in [-0.15, -0.1) is 0 Å². The summed E-state index contributed by atoms with van der Waals surface area (Å²) in [5, 5.41) is 0. The first-order valence-electron chi connectivity index (χ1n) is 6.03. The Hall–Kier alpha value is -0.770. The van der Waals surface area contributed by atoms with Crippen LogP contribution in [0.1, 0.15) is 39.5 Å². The molecular weight excluding hydrogens is 188 g/mol. The van der Waals surface area contributed by atoms with Crippen molar-refractivity contribution in [3.8, 4) is 0 Å². The number of hydrogen-bond acceptors (Lipinski definition) is 2. The topological polar surface area (TPSA) is 53.6 Å². The fraction of sp³-hybridized carbons (Fsp3) is 0.909. The minimum Gasteiger partial charge on any atom is -0.339 e. The van der Waals surface area contributed by atoms with Crippen LogP contribution in [-0.2, 0) is 0 Å². The van der Waals surface area contributed by atoms with Crippen molar-refractivity contribution in [2.45, 2.75) is 51.6 Å². The quantitative estimate of drug-likeness (QED) is 0.295. The second-order valence-corrected chi connectivity index (χ2v) is 4.88. The summed E-state index contributed by atoms with van der Waals surface area (Å²) in [6, 6.07) is 1.08. The molecule has 86 valence electrons. The van der Waals surface area contributed by atoms with Gasteiger partial charge in [-0.25, -0.2) is 10.8 Å². The Bertz CT molecular complexity index is 247. The molecule has 4 heteroatoms. The van der Waals surface area contributed by atoms with Crippen LogP contribution in [-0.4, -0.2) is 29.5 Å². The molecule has 3 N–H and O–H groups in total. The van der Waals surface area contributed by atoms with E-state index in [0.717, 1.165) is 18.4 Å². The van der Waals surface area contributed by atoms with E-state index in [2.05, 4.69) is 29.2 Å². The summed E-state index contributed by atoms with van der Waals surface area (Å²) in [6.45, 7) is 5.66. The lowest BCUT2D eigenvalue weighted by atomic mass is 9.92. The van der Waals surface area contributed by atoms with Gasteiger partial charge in [0.05, 0.1) is 6.04 Å². The van der Waals surface area contributed by atoms with Gasteiger partial charge in [0.25, 0.3) is 0 Å². The summed E-state index contributed by atoms with van der Waals surface area (Å²) in [5.74, 6) is 7.20. The van der Waals surface area contributed by atoms with E-state index in [-0.39, 0.29) is 0 Å². The van der Waals surface area contributed by atoms with Crippen molar-refractivity contribution in [1.29, 1.82) is 0 Å². The molecule has 1 aliphatic heterocycles. The maximum absolute atomic E-state index is 5.56. The number of hydrogen-bond donors (Lipinski definition) is 2. The van der Waals surface area contributed by atoms with Crippen molar-refractivity contribution in [2.75, 3.05) is 6.54 Å². The highest BCUT2D eigenvalue weighted by Crippen LogP contribution is 2.26. The first kappa shape index (κ1) is 10.7. The summed E-state index contributed by atoms with van der Waals surface area (Å²) in [5.41, 5.74) is 2.77. The minimum atomic E-state index is 0.528. The van der Waals surface area contributed by atoms with Crippen LogP contribution < -0.4 is 11.3 Å². The number of nitrogens with one attached hydrogen (secondary N) is 1. The number of aliphatic imine (C=N–C) groups is 1. The molecule has 0 aromatic rings. The summed E-state index contributed by atoms with van der Waals surface area (Å²) in [4.78, 5) is 6.95. The van der Waals surface area contributed by atoms with Crippen LogP contribution in [0.25, 0.3) is 0 Å². The van der Waals surface area contributed by atoms with Crippen LogP contribution in [0.5, 0.6) is 0 Å². The highest BCUT2D eigenvalue weighted by molar-refractivity contribution is 5.80. The van der Waals surface area contributed by atoms with Crippen molar-refractivity contribution < 1.29 is 0 Å². The van der Waals surface area contributed by atoms with E-state index in [9.17, 15) is 0 Å². The fourth-order valence-corrected chi connectivity index (χ4v) is 2.21. The first-order chi connectivity index (χ1) is 7.22. The van der Waals surface area contributed by atoms with Crippen LogP contribution >= 0.6 is 0 Å². The average Bonchev–Trinajstić information content (AvgIpc) is 3.03. The number of likely N-dealkylation sites (tertiary alicyclic amines) is 1. The third kappa shape index (κ3) is 2.43. The number of rotatable bonds is 1. The van der Waals surface area contributed by atoms with Crippen molar-refractivity contribution in [2.24, 2.45) is 16.8 Å². The third-order valence-electron chi connectivity index (χ3n) is 3.63. The largest absolute Gasteiger partial charge is 0.339 e. The van der Waals surface area contributed by atoms with Gasteiger partial charge in [-0.3, -0.25) is 5.43 Å². The summed E-state index contributed by atoms with van der Waals surface area (Å²) in [6.07, 6.45) is 5.02. The summed E-state index contributed by atoms with van der Waals surface area (Å²) < 4.78 is 0. The third-order valence-corrected chi connectivity index (χ3v) is 3.63. The number of piperidine rings is 1. The lowest BCUT2D eigenvalue weighted by Crippen LogP contribution is -2.53. The molecule has 2 aliphatic rings. The molecule has 0 aromatic carbocycles. The monoisotopic (exact) mass is 210 g/mol. The second kappa shape index (κ2) is 4.39. The van der Waals surface area contributed by atoms with E-state index in [1.54, 1.807) is 0 Å². The van der Waals surface area contributed by atoms with E-state index in [4.69, 9.17) is 5.84 Å². The normalized spacial score (nSPS) is 33.0. The highest BCUT2D eigenvalue weighted by Gasteiger charge is 2.29. The Morgan fingerprint density at radius 1 is 1.33 bits per heavy atom. The maximum Gasteiger partial charge on any atom is 0.208 e. The molecule has 4 nitrogen and oxygen atoms in total. The second-order valence-electron chi connectivity index (χ2n) is 4.88. The molecule has 2 rings (SSSR count). The van der Waals surface area contributed by atoms with Crippen molar-refractivity contribution in [1.82, 2.24) is 10.3 Å². The average molecular weight is 210 g/mol.